The van der Waals surface area contributed by atoms with Gasteiger partial charge in [-0.1, -0.05) is 18.2 Å². The van der Waals surface area contributed by atoms with E-state index >= 15 is 0 Å². The third-order valence-corrected chi connectivity index (χ3v) is 4.11. The summed E-state index contributed by atoms with van der Waals surface area (Å²) >= 11 is 0. The number of amides is 1. The number of rotatable bonds is 4. The van der Waals surface area contributed by atoms with Gasteiger partial charge >= 0.3 is 0 Å². The lowest BCUT2D eigenvalue weighted by molar-refractivity contribution is 0.0945. The average molecular weight is 328 g/mol. The van der Waals surface area contributed by atoms with Crippen molar-refractivity contribution in [1.82, 2.24) is 15.3 Å². The Bertz CT molecular complexity index is 729. The second-order valence-electron chi connectivity index (χ2n) is 6.02. The molecule has 3 rings (SSSR count). The van der Waals surface area contributed by atoms with E-state index in [1.807, 2.05) is 6.92 Å². The number of aryl methyl sites for hydroxylation is 1. The number of piperidine rings is 1. The van der Waals surface area contributed by atoms with Gasteiger partial charge in [0.05, 0.1) is 0 Å². The van der Waals surface area contributed by atoms with Gasteiger partial charge in [-0.05, 0) is 38.3 Å². The fourth-order valence-corrected chi connectivity index (χ4v) is 2.81. The van der Waals surface area contributed by atoms with E-state index in [2.05, 4.69) is 20.2 Å². The van der Waals surface area contributed by atoms with Crippen molar-refractivity contribution in [2.24, 2.45) is 0 Å². The Morgan fingerprint density at radius 3 is 2.71 bits per heavy atom. The molecule has 1 fully saturated rings. The molecule has 1 amide bonds. The van der Waals surface area contributed by atoms with Crippen LogP contribution in [0.5, 0.6) is 0 Å². The zero-order chi connectivity index (χ0) is 16.9. The Hall–Kier alpha value is -2.50. The van der Waals surface area contributed by atoms with Gasteiger partial charge in [0.2, 0.25) is 5.95 Å². The molecule has 1 aromatic heterocycles. The summed E-state index contributed by atoms with van der Waals surface area (Å²) in [5.41, 5.74) is 1.52. The van der Waals surface area contributed by atoms with Gasteiger partial charge in [-0.2, -0.15) is 0 Å². The summed E-state index contributed by atoms with van der Waals surface area (Å²) in [5, 5.41) is 2.73. The molecule has 1 aromatic carbocycles. The van der Waals surface area contributed by atoms with Crippen LogP contribution < -0.4 is 10.2 Å². The van der Waals surface area contributed by atoms with Crippen molar-refractivity contribution in [2.45, 2.75) is 32.7 Å². The topological polar surface area (TPSA) is 58.1 Å². The summed E-state index contributed by atoms with van der Waals surface area (Å²) in [6, 6.07) is 8.06. The molecule has 1 aliphatic rings. The van der Waals surface area contributed by atoms with Crippen molar-refractivity contribution in [2.75, 3.05) is 18.0 Å². The molecule has 0 unspecified atom stereocenters. The van der Waals surface area contributed by atoms with E-state index in [0.29, 0.717) is 17.2 Å². The van der Waals surface area contributed by atoms with E-state index in [9.17, 15) is 9.18 Å². The van der Waals surface area contributed by atoms with Crippen molar-refractivity contribution in [3.8, 4) is 0 Å². The molecule has 24 heavy (non-hydrogen) atoms. The number of hydrogen-bond donors (Lipinski definition) is 1. The maximum absolute atomic E-state index is 13.6. The van der Waals surface area contributed by atoms with Crippen LogP contribution >= 0.6 is 0 Å². The van der Waals surface area contributed by atoms with Gasteiger partial charge in [0.1, 0.15) is 11.5 Å². The molecule has 0 bridgehead atoms. The summed E-state index contributed by atoms with van der Waals surface area (Å²) < 4.78 is 13.6. The molecule has 1 aliphatic heterocycles. The molecule has 0 saturated carbocycles. The molecule has 126 valence electrons. The number of nitrogens with zero attached hydrogens (tertiary/aromatic N) is 3. The van der Waals surface area contributed by atoms with Gasteiger partial charge in [-0.25, -0.2) is 14.4 Å². The second-order valence-corrected chi connectivity index (χ2v) is 6.02. The molecule has 0 radical (unpaired) electrons. The summed E-state index contributed by atoms with van der Waals surface area (Å²) in [4.78, 5) is 23.3. The van der Waals surface area contributed by atoms with Crippen molar-refractivity contribution >= 4 is 11.9 Å². The molecule has 5 nitrogen and oxygen atoms in total. The van der Waals surface area contributed by atoms with Crippen molar-refractivity contribution in [1.29, 1.82) is 0 Å². The maximum Gasteiger partial charge on any atom is 0.270 e. The zero-order valence-electron chi connectivity index (χ0n) is 13.8. The molecular formula is C18H21FN4O. The van der Waals surface area contributed by atoms with Crippen LogP contribution in [0.1, 0.15) is 41.0 Å². The van der Waals surface area contributed by atoms with Gasteiger partial charge in [-0.3, -0.25) is 4.79 Å². The first kappa shape index (κ1) is 16.4. The minimum absolute atomic E-state index is 0.133. The van der Waals surface area contributed by atoms with Crippen LogP contribution in [0.25, 0.3) is 0 Å². The first-order valence-electron chi connectivity index (χ1n) is 8.26. The fourth-order valence-electron chi connectivity index (χ4n) is 2.81. The highest BCUT2D eigenvalue weighted by Gasteiger charge is 2.17. The Morgan fingerprint density at radius 1 is 1.21 bits per heavy atom. The number of anilines is 1. The van der Waals surface area contributed by atoms with Crippen LogP contribution in [-0.4, -0.2) is 29.0 Å². The van der Waals surface area contributed by atoms with Gasteiger partial charge in [0.25, 0.3) is 5.91 Å². The first-order valence-corrected chi connectivity index (χ1v) is 8.26. The van der Waals surface area contributed by atoms with Crippen molar-refractivity contribution in [3.05, 3.63) is 53.1 Å². The van der Waals surface area contributed by atoms with E-state index in [4.69, 9.17) is 0 Å². The minimum atomic E-state index is -0.328. The lowest BCUT2D eigenvalue weighted by Crippen LogP contribution is -2.32. The zero-order valence-corrected chi connectivity index (χ0v) is 13.8. The highest BCUT2D eigenvalue weighted by molar-refractivity contribution is 5.92. The molecule has 0 spiro atoms. The van der Waals surface area contributed by atoms with Crippen molar-refractivity contribution < 1.29 is 9.18 Å². The van der Waals surface area contributed by atoms with Crippen molar-refractivity contribution in [3.63, 3.8) is 0 Å². The standard InChI is InChI=1S/C18H21FN4O/c1-13-11-16(22-18(21-13)23-9-5-2-6-10-23)17(24)20-12-14-7-3-4-8-15(14)19/h3-4,7-8,11H,2,5-6,9-10,12H2,1H3,(H,20,24). The predicted octanol–water partition coefficient (Wildman–Crippen LogP) is 2.84. The number of aromatic nitrogens is 2. The van der Waals surface area contributed by atoms with Crippen LogP contribution in [0, 0.1) is 12.7 Å². The molecule has 0 aliphatic carbocycles. The van der Waals surface area contributed by atoms with Crippen LogP contribution in [0.3, 0.4) is 0 Å². The van der Waals surface area contributed by atoms with Gasteiger partial charge < -0.3 is 10.2 Å². The van der Waals surface area contributed by atoms with E-state index in [1.54, 1.807) is 24.3 Å². The number of nitrogens with one attached hydrogen (secondary N) is 1. The third kappa shape index (κ3) is 3.88. The van der Waals surface area contributed by atoms with Gasteiger partial charge in [0.15, 0.2) is 0 Å². The van der Waals surface area contributed by atoms with E-state index in [-0.39, 0.29) is 18.3 Å². The highest BCUT2D eigenvalue weighted by Crippen LogP contribution is 2.16. The largest absolute Gasteiger partial charge is 0.347 e. The number of carbonyl (C=O) groups excluding carboxylic acids is 1. The molecule has 2 heterocycles. The second kappa shape index (κ2) is 7.38. The normalized spacial score (nSPS) is 14.5. The Labute approximate surface area is 140 Å². The van der Waals surface area contributed by atoms with Crippen LogP contribution in [-0.2, 0) is 6.54 Å². The van der Waals surface area contributed by atoms with E-state index < -0.39 is 0 Å². The van der Waals surface area contributed by atoms with E-state index in [0.717, 1.165) is 31.6 Å². The number of benzene rings is 1. The number of hydrogen-bond acceptors (Lipinski definition) is 4. The minimum Gasteiger partial charge on any atom is -0.347 e. The maximum atomic E-state index is 13.6. The lowest BCUT2D eigenvalue weighted by Gasteiger charge is -2.27. The van der Waals surface area contributed by atoms with E-state index in [1.165, 1.54) is 12.5 Å². The fraction of sp³-hybridized carbons (Fsp3) is 0.389. The molecular weight excluding hydrogens is 307 g/mol. The summed E-state index contributed by atoms with van der Waals surface area (Å²) in [7, 11) is 0. The number of halogens is 1. The summed E-state index contributed by atoms with van der Waals surface area (Å²) in [6.45, 7) is 3.82. The lowest BCUT2D eigenvalue weighted by atomic mass is 10.1. The quantitative estimate of drug-likeness (QED) is 0.937. The smallest absolute Gasteiger partial charge is 0.270 e. The molecule has 0 atom stereocenters. The molecule has 2 aromatic rings. The number of carbonyl (C=O) groups is 1. The Balaban J connectivity index is 1.72. The van der Waals surface area contributed by atoms with Crippen LogP contribution in [0.2, 0.25) is 0 Å². The Morgan fingerprint density at radius 2 is 1.96 bits per heavy atom. The van der Waals surface area contributed by atoms with Crippen LogP contribution in [0.4, 0.5) is 10.3 Å². The summed E-state index contributed by atoms with van der Waals surface area (Å²) in [6.07, 6.45) is 3.45. The van der Waals surface area contributed by atoms with Gasteiger partial charge in [-0.15, -0.1) is 0 Å². The molecule has 1 N–H and O–H groups in total. The van der Waals surface area contributed by atoms with Crippen LogP contribution in [0.15, 0.2) is 30.3 Å². The monoisotopic (exact) mass is 328 g/mol. The first-order chi connectivity index (χ1) is 11.6. The highest BCUT2D eigenvalue weighted by atomic mass is 19.1. The average Bonchev–Trinajstić information content (AvgIpc) is 2.61. The third-order valence-electron chi connectivity index (χ3n) is 4.11. The summed E-state index contributed by atoms with van der Waals surface area (Å²) in [5.74, 6) is -0.0431. The SMILES string of the molecule is Cc1cc(C(=O)NCc2ccccc2F)nc(N2CCCCC2)n1. The molecule has 1 saturated heterocycles. The molecule has 6 heteroatoms. The predicted molar refractivity (Wildman–Crippen MR) is 90.4 cm³/mol. The Kier molecular flexibility index (Phi) is 5.03. The van der Waals surface area contributed by atoms with Gasteiger partial charge in [0, 0.05) is 30.9 Å².